The number of allylic oxidation sites excluding steroid dienone is 6. The molecule has 3 rings (SSSR count). The van der Waals surface area contributed by atoms with E-state index in [1.165, 1.54) is 205 Å². The topological polar surface area (TPSA) is 307 Å². The minimum atomic E-state index is -1.97. The molecule has 17 unspecified atom stereocenters. The molecule has 546 valence electrons. The van der Waals surface area contributed by atoms with Crippen LogP contribution in [0.15, 0.2) is 36.5 Å². The Morgan fingerprint density at radius 3 is 1.11 bits per heavy atom. The average molecular weight is 1330 g/mol. The second-order valence-electron chi connectivity index (χ2n) is 27.1. The van der Waals surface area contributed by atoms with E-state index in [-0.39, 0.29) is 18.9 Å². The van der Waals surface area contributed by atoms with Gasteiger partial charge in [-0.15, -0.1) is 0 Å². The summed E-state index contributed by atoms with van der Waals surface area (Å²) in [5, 5.41) is 121. The van der Waals surface area contributed by atoms with Crippen LogP contribution < -0.4 is 5.32 Å². The van der Waals surface area contributed by atoms with E-state index in [1.54, 1.807) is 0 Å². The Hall–Kier alpha value is -1.99. The lowest BCUT2D eigenvalue weighted by molar-refractivity contribution is -0.379. The first kappa shape index (κ1) is 85.2. The highest BCUT2D eigenvalue weighted by molar-refractivity contribution is 5.76. The van der Waals surface area contributed by atoms with Crippen LogP contribution in [-0.2, 0) is 33.2 Å². The maximum Gasteiger partial charge on any atom is 0.220 e. The number of amides is 1. The fourth-order valence-electron chi connectivity index (χ4n) is 12.9. The van der Waals surface area contributed by atoms with Gasteiger partial charge in [0.1, 0.15) is 73.2 Å². The van der Waals surface area contributed by atoms with Gasteiger partial charge in [0.2, 0.25) is 5.91 Å². The number of carbonyl (C=O) groups is 1. The van der Waals surface area contributed by atoms with Crippen molar-refractivity contribution in [3.8, 4) is 0 Å². The molecule has 3 fully saturated rings. The second-order valence-corrected chi connectivity index (χ2v) is 27.1. The van der Waals surface area contributed by atoms with Crippen molar-refractivity contribution in [3.05, 3.63) is 36.5 Å². The summed E-state index contributed by atoms with van der Waals surface area (Å²) in [6.45, 7) is 1.81. The van der Waals surface area contributed by atoms with E-state index in [2.05, 4.69) is 55.6 Å². The Labute approximate surface area is 561 Å². The van der Waals surface area contributed by atoms with Crippen molar-refractivity contribution in [2.45, 2.75) is 401 Å². The van der Waals surface area contributed by atoms with Crippen LogP contribution in [0.3, 0.4) is 0 Å². The van der Waals surface area contributed by atoms with Crippen LogP contribution in [0.1, 0.15) is 296 Å². The molecule has 0 aromatic rings. The Balaban J connectivity index is 1.34. The molecule has 3 saturated heterocycles. The number of hydrogen-bond acceptors (Lipinski definition) is 18. The third kappa shape index (κ3) is 37.1. The van der Waals surface area contributed by atoms with Gasteiger partial charge in [0.25, 0.3) is 0 Å². The third-order valence-electron chi connectivity index (χ3n) is 19.0. The zero-order chi connectivity index (χ0) is 67.5. The molecule has 1 amide bonds. The molecular weight excluding hydrogens is 1190 g/mol. The Bertz CT molecular complexity index is 1830. The van der Waals surface area contributed by atoms with Crippen molar-refractivity contribution in [2.75, 3.05) is 26.4 Å². The fourth-order valence-corrected chi connectivity index (χ4v) is 12.9. The molecule has 93 heavy (non-hydrogen) atoms. The molecule has 0 bridgehead atoms. The van der Waals surface area contributed by atoms with Gasteiger partial charge in [-0.2, -0.15) is 0 Å². The largest absolute Gasteiger partial charge is 0.394 e. The predicted molar refractivity (Wildman–Crippen MR) is 365 cm³/mol. The van der Waals surface area contributed by atoms with E-state index in [4.69, 9.17) is 28.4 Å². The minimum absolute atomic E-state index is 0.239. The highest BCUT2D eigenvalue weighted by Gasteiger charge is 2.53. The Kier molecular flexibility index (Phi) is 51.2. The van der Waals surface area contributed by atoms with Gasteiger partial charge in [0.05, 0.1) is 38.6 Å². The van der Waals surface area contributed by atoms with Crippen molar-refractivity contribution in [1.29, 1.82) is 0 Å². The average Bonchev–Trinajstić information content (AvgIpc) is 0.902. The molecule has 0 aliphatic carbocycles. The first-order valence-electron chi connectivity index (χ1n) is 37.7. The maximum absolute atomic E-state index is 13.4. The summed E-state index contributed by atoms with van der Waals surface area (Å²) in [4.78, 5) is 13.4. The summed E-state index contributed by atoms with van der Waals surface area (Å²) < 4.78 is 34.4. The Morgan fingerprint density at radius 1 is 0.387 bits per heavy atom. The van der Waals surface area contributed by atoms with Crippen molar-refractivity contribution >= 4 is 5.91 Å². The summed E-state index contributed by atoms with van der Waals surface area (Å²) in [7, 11) is 0. The van der Waals surface area contributed by atoms with Gasteiger partial charge in [-0.1, -0.05) is 275 Å². The molecule has 12 N–H and O–H groups in total. The zero-order valence-corrected chi connectivity index (χ0v) is 58.0. The predicted octanol–water partition coefficient (Wildman–Crippen LogP) is 11.2. The number of aliphatic hydroxyl groups excluding tert-OH is 11. The fraction of sp³-hybridized carbons (Fsp3) is 0.905. The van der Waals surface area contributed by atoms with Crippen LogP contribution >= 0.6 is 0 Å². The SMILES string of the molecule is CCCCCCC/C=C\C/C=C\C/C=C\CCCCCCCCCCCCCCCCCCCCC(=O)NC(COC1OC(CO)C(OC2OC(CO)C(OC3OC(CO)C(O)C(O)C3O)C(O)C2O)C(O)C1O)C(O)CCCCCCCCCCCCCCCCC. The van der Waals surface area contributed by atoms with Crippen LogP contribution in [-0.4, -0.2) is 193 Å². The summed E-state index contributed by atoms with van der Waals surface area (Å²) in [6.07, 6.45) is 39.5. The number of rotatable bonds is 59. The van der Waals surface area contributed by atoms with Gasteiger partial charge in [-0.3, -0.25) is 4.79 Å². The first-order chi connectivity index (χ1) is 45.3. The normalized spacial score (nSPS) is 27.7. The van der Waals surface area contributed by atoms with Crippen molar-refractivity contribution in [1.82, 2.24) is 5.32 Å². The lowest BCUT2D eigenvalue weighted by Gasteiger charge is -2.48. The highest BCUT2D eigenvalue weighted by atomic mass is 16.8. The van der Waals surface area contributed by atoms with Gasteiger partial charge in [-0.25, -0.2) is 0 Å². The summed E-state index contributed by atoms with van der Waals surface area (Å²) in [6, 6.07) is -0.886. The van der Waals surface area contributed by atoms with E-state index in [1.807, 2.05) is 0 Å². The van der Waals surface area contributed by atoms with Crippen LogP contribution in [0.4, 0.5) is 0 Å². The summed E-state index contributed by atoms with van der Waals surface area (Å²) >= 11 is 0. The van der Waals surface area contributed by atoms with E-state index in [9.17, 15) is 61.0 Å². The van der Waals surface area contributed by atoms with Gasteiger partial charge >= 0.3 is 0 Å². The molecule has 0 radical (unpaired) electrons. The van der Waals surface area contributed by atoms with Crippen molar-refractivity contribution in [3.63, 3.8) is 0 Å². The molecule has 19 heteroatoms. The summed E-state index contributed by atoms with van der Waals surface area (Å²) in [5.74, 6) is -0.239. The van der Waals surface area contributed by atoms with Crippen LogP contribution in [0.2, 0.25) is 0 Å². The van der Waals surface area contributed by atoms with Crippen molar-refractivity contribution < 1.29 is 89.4 Å². The summed E-state index contributed by atoms with van der Waals surface area (Å²) in [5.41, 5.74) is 0. The maximum atomic E-state index is 13.4. The number of aliphatic hydroxyl groups is 11. The first-order valence-corrected chi connectivity index (χ1v) is 37.7. The van der Waals surface area contributed by atoms with Gasteiger partial charge in [0, 0.05) is 6.42 Å². The number of unbranched alkanes of at least 4 members (excludes halogenated alkanes) is 37. The molecule has 3 aliphatic rings. The van der Waals surface area contributed by atoms with Crippen LogP contribution in [0.5, 0.6) is 0 Å². The molecule has 0 spiro atoms. The molecule has 0 saturated carbocycles. The van der Waals surface area contributed by atoms with Gasteiger partial charge in [-0.05, 0) is 51.4 Å². The number of ether oxygens (including phenoxy) is 6. The molecule has 3 aliphatic heterocycles. The highest BCUT2D eigenvalue weighted by Crippen LogP contribution is 2.33. The Morgan fingerprint density at radius 2 is 0.710 bits per heavy atom. The smallest absolute Gasteiger partial charge is 0.220 e. The van der Waals surface area contributed by atoms with E-state index in [0.29, 0.717) is 12.8 Å². The van der Waals surface area contributed by atoms with E-state index < -0.39 is 124 Å². The zero-order valence-electron chi connectivity index (χ0n) is 58.0. The lowest BCUT2D eigenvalue weighted by atomic mass is 9.96. The van der Waals surface area contributed by atoms with E-state index >= 15 is 0 Å². The lowest BCUT2D eigenvalue weighted by Crippen LogP contribution is -2.66. The monoisotopic (exact) mass is 1330 g/mol. The molecule has 3 heterocycles. The quantitative estimate of drug-likeness (QED) is 0.0199. The van der Waals surface area contributed by atoms with Crippen molar-refractivity contribution in [2.24, 2.45) is 0 Å². The number of nitrogens with one attached hydrogen (secondary N) is 1. The standard InChI is InChI=1S/C74H137NO18/c1-3-5-7-9-11-13-15-17-19-20-21-22-23-24-25-26-27-28-29-30-31-32-33-34-35-36-38-40-42-44-46-48-50-52-62(80)75-57(58(79)51-49-47-45-43-41-39-37-18-16-14-12-10-8-6-4-2)56-88-72-68(86)65(83)70(60(54-77)90-72)93-74-69(87)66(84)71(61(55-78)91-74)92-73-67(85)64(82)63(81)59(53-76)89-73/h15,17,20-21,23-24,57-61,63-74,76-79,81-87H,3-14,16,18-19,22,25-56H2,1-2H3,(H,75,80)/b17-15-,21-20-,24-23-. The molecule has 0 aromatic carbocycles. The molecule has 0 aromatic heterocycles. The van der Waals surface area contributed by atoms with Gasteiger partial charge in [0.15, 0.2) is 18.9 Å². The van der Waals surface area contributed by atoms with Gasteiger partial charge < -0.3 is 89.9 Å². The molecule has 19 nitrogen and oxygen atoms in total. The van der Waals surface area contributed by atoms with E-state index in [0.717, 1.165) is 57.8 Å². The third-order valence-corrected chi connectivity index (χ3v) is 19.0. The van der Waals surface area contributed by atoms with Crippen LogP contribution in [0.25, 0.3) is 0 Å². The minimum Gasteiger partial charge on any atom is -0.394 e. The number of carbonyl (C=O) groups excluding carboxylic acids is 1. The molecule has 17 atom stereocenters. The second kappa shape index (κ2) is 55.8. The van der Waals surface area contributed by atoms with Crippen LogP contribution in [0, 0.1) is 0 Å². The number of hydrogen-bond donors (Lipinski definition) is 12. The molecular formula is C74H137NO18.